The molecule has 1 atom stereocenters. The fraction of sp³-hybridized carbons (Fsp3) is 0.619. The maximum Gasteiger partial charge on any atom is 0.340 e. The molecule has 0 radical (unpaired) electrons. The van der Waals surface area contributed by atoms with Crippen LogP contribution < -0.4 is 5.32 Å². The second-order valence-corrected chi connectivity index (χ2v) is 7.58. The van der Waals surface area contributed by atoms with Crippen LogP contribution in [0, 0.1) is 13.8 Å². The molecule has 3 rings (SSSR count). The van der Waals surface area contributed by atoms with E-state index in [0.717, 1.165) is 30.7 Å². The predicted octanol–water partition coefficient (Wildman–Crippen LogP) is 3.99. The van der Waals surface area contributed by atoms with Crippen LogP contribution in [0.25, 0.3) is 0 Å². The van der Waals surface area contributed by atoms with Crippen LogP contribution in [0.3, 0.4) is 0 Å². The minimum atomic E-state index is -0.785. The summed E-state index contributed by atoms with van der Waals surface area (Å²) in [4.78, 5) is 24.7. The highest BCUT2D eigenvalue weighted by molar-refractivity contribution is 5.93. The second kappa shape index (κ2) is 8.11. The van der Waals surface area contributed by atoms with E-state index < -0.39 is 12.1 Å². The topological polar surface area (TPSA) is 60.3 Å². The first-order chi connectivity index (χ1) is 12.5. The standard InChI is InChI=1S/C21H30N2O3/c1-14-13-19(15(2)23(14)18-9-10-18)21(25)26-16(3)20(24)22-12-11-17-7-5-4-6-8-17/h7,13,16,18H,4-6,8-12H2,1-3H3,(H,22,24)/t16-/m0/s1. The van der Waals surface area contributed by atoms with Crippen LogP contribution in [0.2, 0.25) is 0 Å². The van der Waals surface area contributed by atoms with Gasteiger partial charge in [-0.15, -0.1) is 0 Å². The Morgan fingerprint density at radius 1 is 1.31 bits per heavy atom. The first-order valence-electron chi connectivity index (χ1n) is 9.82. The molecule has 0 aromatic carbocycles. The molecule has 1 fully saturated rings. The Hall–Kier alpha value is -2.04. The molecule has 1 amide bonds. The van der Waals surface area contributed by atoms with Crippen molar-refractivity contribution >= 4 is 11.9 Å². The Kier molecular flexibility index (Phi) is 5.84. The van der Waals surface area contributed by atoms with Crippen LogP contribution in [0.1, 0.15) is 79.7 Å². The van der Waals surface area contributed by atoms with Crippen molar-refractivity contribution in [2.75, 3.05) is 6.54 Å². The normalized spacial score (nSPS) is 18.2. The first kappa shape index (κ1) is 18.7. The SMILES string of the molecule is Cc1cc(C(=O)O[C@@H](C)C(=O)NCCC2=CCCCC2)c(C)n1C1CC1. The van der Waals surface area contributed by atoms with Crippen molar-refractivity contribution in [2.24, 2.45) is 0 Å². The van der Waals surface area contributed by atoms with E-state index in [9.17, 15) is 9.59 Å². The van der Waals surface area contributed by atoms with E-state index in [2.05, 4.69) is 16.0 Å². The molecule has 2 aliphatic rings. The van der Waals surface area contributed by atoms with Gasteiger partial charge in [0.05, 0.1) is 5.56 Å². The summed E-state index contributed by atoms with van der Waals surface area (Å²) in [5.74, 6) is -0.645. The average molecular weight is 358 g/mol. The van der Waals surface area contributed by atoms with Crippen molar-refractivity contribution in [1.82, 2.24) is 9.88 Å². The number of nitrogens with zero attached hydrogens (tertiary/aromatic N) is 1. The molecule has 1 saturated carbocycles. The van der Waals surface area contributed by atoms with Gasteiger partial charge in [-0.05, 0) is 71.8 Å². The number of ether oxygens (including phenoxy) is 1. The van der Waals surface area contributed by atoms with E-state index in [0.29, 0.717) is 18.2 Å². The lowest BCUT2D eigenvalue weighted by molar-refractivity contribution is -0.129. The number of aryl methyl sites for hydroxylation is 1. The van der Waals surface area contributed by atoms with Gasteiger partial charge in [0, 0.05) is 24.0 Å². The average Bonchev–Trinajstić information content (AvgIpc) is 3.40. The largest absolute Gasteiger partial charge is 0.449 e. The maximum absolute atomic E-state index is 12.5. The van der Waals surface area contributed by atoms with Crippen LogP contribution >= 0.6 is 0 Å². The minimum absolute atomic E-state index is 0.231. The number of rotatable bonds is 7. The fourth-order valence-corrected chi connectivity index (χ4v) is 3.78. The van der Waals surface area contributed by atoms with Crippen molar-refractivity contribution in [1.29, 1.82) is 0 Å². The second-order valence-electron chi connectivity index (χ2n) is 7.58. The fourth-order valence-electron chi connectivity index (χ4n) is 3.78. The third kappa shape index (κ3) is 4.37. The lowest BCUT2D eigenvalue weighted by atomic mass is 9.97. The Morgan fingerprint density at radius 2 is 2.08 bits per heavy atom. The van der Waals surface area contributed by atoms with Crippen LogP contribution in [0.5, 0.6) is 0 Å². The summed E-state index contributed by atoms with van der Waals surface area (Å²) in [7, 11) is 0. The first-order valence-corrected chi connectivity index (χ1v) is 9.82. The summed E-state index contributed by atoms with van der Waals surface area (Å²) >= 11 is 0. The van der Waals surface area contributed by atoms with E-state index in [-0.39, 0.29) is 5.91 Å². The summed E-state index contributed by atoms with van der Waals surface area (Å²) in [6.45, 7) is 6.19. The van der Waals surface area contributed by atoms with Gasteiger partial charge in [0.1, 0.15) is 0 Å². The zero-order chi connectivity index (χ0) is 18.7. The number of esters is 1. The molecule has 0 unspecified atom stereocenters. The number of carbonyl (C=O) groups is 2. The lowest BCUT2D eigenvalue weighted by Gasteiger charge is -2.16. The summed E-state index contributed by atoms with van der Waals surface area (Å²) in [6.07, 6.45) is 9.51. The van der Waals surface area contributed by atoms with Crippen molar-refractivity contribution in [3.05, 3.63) is 34.7 Å². The van der Waals surface area contributed by atoms with E-state index >= 15 is 0 Å². The van der Waals surface area contributed by atoms with Gasteiger partial charge in [0.25, 0.3) is 5.91 Å². The number of hydrogen-bond donors (Lipinski definition) is 1. The molecule has 142 valence electrons. The monoisotopic (exact) mass is 358 g/mol. The molecule has 5 heteroatoms. The molecular weight excluding hydrogens is 328 g/mol. The lowest BCUT2D eigenvalue weighted by Crippen LogP contribution is -2.36. The van der Waals surface area contributed by atoms with Crippen molar-refractivity contribution in [3.8, 4) is 0 Å². The third-order valence-electron chi connectivity index (χ3n) is 5.40. The zero-order valence-electron chi connectivity index (χ0n) is 16.1. The van der Waals surface area contributed by atoms with Gasteiger partial charge >= 0.3 is 5.97 Å². The van der Waals surface area contributed by atoms with Crippen LogP contribution in [0.4, 0.5) is 0 Å². The van der Waals surface area contributed by atoms with Gasteiger partial charge in [-0.2, -0.15) is 0 Å². The van der Waals surface area contributed by atoms with Gasteiger partial charge in [-0.1, -0.05) is 11.6 Å². The Morgan fingerprint density at radius 3 is 2.73 bits per heavy atom. The van der Waals surface area contributed by atoms with E-state index in [1.165, 1.54) is 31.3 Å². The molecule has 1 aromatic rings. The molecule has 26 heavy (non-hydrogen) atoms. The summed E-state index contributed by atoms with van der Waals surface area (Å²) in [6, 6.07) is 2.39. The maximum atomic E-state index is 12.5. The predicted molar refractivity (Wildman–Crippen MR) is 101 cm³/mol. The van der Waals surface area contributed by atoms with Crippen LogP contribution in [-0.4, -0.2) is 29.1 Å². The zero-order valence-corrected chi connectivity index (χ0v) is 16.1. The van der Waals surface area contributed by atoms with Gasteiger partial charge in [-0.3, -0.25) is 4.79 Å². The molecule has 0 spiro atoms. The van der Waals surface area contributed by atoms with E-state index in [1.807, 2.05) is 19.9 Å². The van der Waals surface area contributed by atoms with Gasteiger partial charge in [0.2, 0.25) is 0 Å². The molecule has 0 aliphatic heterocycles. The summed E-state index contributed by atoms with van der Waals surface area (Å²) in [5.41, 5.74) is 4.01. The Bertz CT molecular complexity index is 713. The highest BCUT2D eigenvalue weighted by Gasteiger charge is 2.29. The molecule has 1 N–H and O–H groups in total. The quantitative estimate of drug-likeness (QED) is 0.592. The molecule has 0 bridgehead atoms. The highest BCUT2D eigenvalue weighted by atomic mass is 16.5. The van der Waals surface area contributed by atoms with Gasteiger partial charge in [-0.25, -0.2) is 4.79 Å². The van der Waals surface area contributed by atoms with Crippen molar-refractivity contribution < 1.29 is 14.3 Å². The highest BCUT2D eigenvalue weighted by Crippen LogP contribution is 2.38. The molecular formula is C21H30N2O3. The summed E-state index contributed by atoms with van der Waals surface area (Å²) in [5, 5.41) is 2.88. The molecule has 1 aromatic heterocycles. The van der Waals surface area contributed by atoms with Gasteiger partial charge in [0.15, 0.2) is 6.10 Å². The van der Waals surface area contributed by atoms with Crippen LogP contribution in [-0.2, 0) is 9.53 Å². The van der Waals surface area contributed by atoms with E-state index in [1.54, 1.807) is 6.92 Å². The molecule has 0 saturated heterocycles. The number of amides is 1. The van der Waals surface area contributed by atoms with Crippen molar-refractivity contribution in [3.63, 3.8) is 0 Å². The Labute approximate surface area is 155 Å². The van der Waals surface area contributed by atoms with Crippen molar-refractivity contribution in [2.45, 2.75) is 77.9 Å². The smallest absolute Gasteiger partial charge is 0.340 e. The van der Waals surface area contributed by atoms with Crippen LogP contribution in [0.15, 0.2) is 17.7 Å². The number of carbonyl (C=O) groups excluding carboxylic acids is 2. The van der Waals surface area contributed by atoms with Gasteiger partial charge < -0.3 is 14.6 Å². The molecule has 5 nitrogen and oxygen atoms in total. The molecule has 2 aliphatic carbocycles. The number of allylic oxidation sites excluding steroid dienone is 1. The number of hydrogen-bond acceptors (Lipinski definition) is 3. The summed E-state index contributed by atoms with van der Waals surface area (Å²) < 4.78 is 7.62. The molecule has 1 heterocycles. The van der Waals surface area contributed by atoms with E-state index in [4.69, 9.17) is 4.74 Å². The number of nitrogens with one attached hydrogen (secondary N) is 1. The third-order valence-corrected chi connectivity index (χ3v) is 5.40. The Balaban J connectivity index is 1.49. The minimum Gasteiger partial charge on any atom is -0.449 e. The number of aromatic nitrogens is 1.